The largest absolute Gasteiger partial charge is 0.497 e. The minimum Gasteiger partial charge on any atom is -0.497 e. The lowest BCUT2D eigenvalue weighted by Crippen LogP contribution is -2.34. The molecule has 3 rings (SSSR count). The van der Waals surface area contributed by atoms with Crippen molar-refractivity contribution in [1.29, 1.82) is 0 Å². The molecule has 1 aromatic carbocycles. The number of hydrogen-bond acceptors (Lipinski definition) is 4. The van der Waals surface area contributed by atoms with Crippen LogP contribution in [0, 0.1) is 17.8 Å². The number of carbonyl (C=O) groups is 2. The Hall–Kier alpha value is -2.08. The van der Waals surface area contributed by atoms with Gasteiger partial charge < -0.3 is 19.6 Å². The number of rotatable bonds is 6. The number of hydrogen-bond donors (Lipinski definition) is 1. The first-order chi connectivity index (χ1) is 13.4. The molecule has 0 spiro atoms. The SMILES string of the molecule is COc1ccc([C@H]2[C@@H]3CN(CCCC(C)C)C[C@@H]3CN2C(C)=O)cc1.O=CO. The van der Waals surface area contributed by atoms with Crippen LogP contribution in [0.4, 0.5) is 0 Å². The van der Waals surface area contributed by atoms with Crippen molar-refractivity contribution in [2.24, 2.45) is 17.8 Å². The minimum absolute atomic E-state index is 0.196. The number of carbonyl (C=O) groups excluding carboxylic acids is 1. The van der Waals surface area contributed by atoms with Crippen LogP contribution in [0.15, 0.2) is 24.3 Å². The zero-order valence-corrected chi connectivity index (χ0v) is 17.5. The molecular formula is C22H34N2O4. The zero-order valence-electron chi connectivity index (χ0n) is 17.5. The number of nitrogens with zero attached hydrogens (tertiary/aromatic N) is 2. The Morgan fingerprint density at radius 2 is 1.89 bits per heavy atom. The predicted octanol–water partition coefficient (Wildman–Crippen LogP) is 3.28. The average molecular weight is 391 g/mol. The molecule has 1 N–H and O–H groups in total. The van der Waals surface area contributed by atoms with Crippen LogP contribution in [0.25, 0.3) is 0 Å². The highest BCUT2D eigenvalue weighted by Crippen LogP contribution is 2.45. The van der Waals surface area contributed by atoms with E-state index < -0.39 is 0 Å². The monoisotopic (exact) mass is 390 g/mol. The van der Waals surface area contributed by atoms with Crippen LogP contribution in [-0.2, 0) is 9.59 Å². The molecule has 2 saturated heterocycles. The van der Waals surface area contributed by atoms with Crippen LogP contribution in [0.3, 0.4) is 0 Å². The molecule has 0 unspecified atom stereocenters. The Morgan fingerprint density at radius 1 is 1.25 bits per heavy atom. The maximum atomic E-state index is 12.2. The van der Waals surface area contributed by atoms with E-state index in [-0.39, 0.29) is 18.4 Å². The summed E-state index contributed by atoms with van der Waals surface area (Å²) in [5.41, 5.74) is 1.24. The van der Waals surface area contributed by atoms with E-state index in [0.29, 0.717) is 11.8 Å². The van der Waals surface area contributed by atoms with Gasteiger partial charge in [-0.05, 0) is 48.9 Å². The predicted molar refractivity (Wildman–Crippen MR) is 109 cm³/mol. The smallest absolute Gasteiger partial charge is 0.290 e. The highest BCUT2D eigenvalue weighted by atomic mass is 16.5. The molecule has 156 valence electrons. The van der Waals surface area contributed by atoms with Crippen LogP contribution in [0.5, 0.6) is 5.75 Å². The fourth-order valence-corrected chi connectivity index (χ4v) is 4.60. The van der Waals surface area contributed by atoms with Gasteiger partial charge in [0.25, 0.3) is 6.47 Å². The Bertz CT molecular complexity index is 632. The average Bonchev–Trinajstić information content (AvgIpc) is 3.19. The van der Waals surface area contributed by atoms with Gasteiger partial charge in [-0.25, -0.2) is 0 Å². The second-order valence-electron chi connectivity index (χ2n) is 8.21. The van der Waals surface area contributed by atoms with Crippen molar-refractivity contribution >= 4 is 12.4 Å². The van der Waals surface area contributed by atoms with Gasteiger partial charge in [0.1, 0.15) is 5.75 Å². The summed E-state index contributed by atoms with van der Waals surface area (Å²) in [4.78, 5) is 25.3. The third-order valence-electron chi connectivity index (χ3n) is 5.86. The first-order valence-corrected chi connectivity index (χ1v) is 10.1. The van der Waals surface area contributed by atoms with Crippen LogP contribution in [0.2, 0.25) is 0 Å². The van der Waals surface area contributed by atoms with Gasteiger partial charge in [-0.1, -0.05) is 26.0 Å². The summed E-state index contributed by atoms with van der Waals surface area (Å²) in [6, 6.07) is 8.49. The molecule has 2 fully saturated rings. The molecule has 0 aliphatic carbocycles. The van der Waals surface area contributed by atoms with Gasteiger partial charge >= 0.3 is 0 Å². The normalized spacial score (nSPS) is 23.9. The van der Waals surface area contributed by atoms with Crippen molar-refractivity contribution < 1.29 is 19.4 Å². The fraction of sp³-hybridized carbons (Fsp3) is 0.636. The lowest BCUT2D eigenvalue weighted by molar-refractivity contribution is -0.130. The second-order valence-corrected chi connectivity index (χ2v) is 8.21. The van der Waals surface area contributed by atoms with Crippen molar-refractivity contribution in [1.82, 2.24) is 9.80 Å². The van der Waals surface area contributed by atoms with E-state index in [9.17, 15) is 4.79 Å². The number of methoxy groups -OCH3 is 1. The summed E-state index contributed by atoms with van der Waals surface area (Å²) in [6.45, 7) is 10.4. The van der Waals surface area contributed by atoms with E-state index in [2.05, 4.69) is 35.8 Å². The Balaban J connectivity index is 0.000000878. The summed E-state index contributed by atoms with van der Waals surface area (Å²) in [6.07, 6.45) is 2.58. The maximum absolute atomic E-state index is 12.2. The number of amides is 1. The van der Waals surface area contributed by atoms with Crippen LogP contribution in [0.1, 0.15) is 45.2 Å². The molecule has 0 bridgehead atoms. The van der Waals surface area contributed by atoms with Gasteiger partial charge in [0.15, 0.2) is 0 Å². The number of likely N-dealkylation sites (tertiary alicyclic amines) is 2. The van der Waals surface area contributed by atoms with Gasteiger partial charge in [-0.2, -0.15) is 0 Å². The molecule has 1 amide bonds. The molecule has 28 heavy (non-hydrogen) atoms. The Labute approximate surface area is 168 Å². The van der Waals surface area contributed by atoms with Crippen LogP contribution in [-0.4, -0.2) is 60.6 Å². The Kier molecular flexibility index (Phi) is 8.30. The van der Waals surface area contributed by atoms with Crippen LogP contribution >= 0.6 is 0 Å². The zero-order chi connectivity index (χ0) is 20.7. The molecule has 2 aliphatic heterocycles. The van der Waals surface area contributed by atoms with E-state index in [1.54, 1.807) is 14.0 Å². The summed E-state index contributed by atoms with van der Waals surface area (Å²) in [5, 5.41) is 6.89. The van der Waals surface area contributed by atoms with E-state index in [4.69, 9.17) is 14.6 Å². The summed E-state index contributed by atoms with van der Waals surface area (Å²) >= 11 is 0. The lowest BCUT2D eigenvalue weighted by Gasteiger charge is -2.29. The number of fused-ring (bicyclic) bond motifs is 1. The quantitative estimate of drug-likeness (QED) is 0.755. The van der Waals surface area contributed by atoms with E-state index in [0.717, 1.165) is 31.3 Å². The highest BCUT2D eigenvalue weighted by Gasteiger charge is 2.48. The van der Waals surface area contributed by atoms with Crippen molar-refractivity contribution in [3.63, 3.8) is 0 Å². The van der Waals surface area contributed by atoms with Crippen molar-refractivity contribution in [3.8, 4) is 5.75 Å². The molecule has 3 atom stereocenters. The fourth-order valence-electron chi connectivity index (χ4n) is 4.60. The standard InChI is InChI=1S/C21H32N2O2.CH2O2/c1-15(2)6-5-11-22-12-18-13-23(16(3)24)21(20(18)14-22)17-7-9-19(25-4)10-8-17;2-1-3/h7-10,15,18,20-21H,5-6,11-14H2,1-4H3;1H,(H,2,3)/t18-,20-,21+;/m1./s1. The number of ether oxygens (including phenoxy) is 1. The topological polar surface area (TPSA) is 70.1 Å². The molecule has 2 aliphatic rings. The van der Waals surface area contributed by atoms with E-state index in [1.807, 2.05) is 12.1 Å². The number of carboxylic acid groups (broad SMARTS) is 1. The summed E-state index contributed by atoms with van der Waals surface area (Å²) < 4.78 is 5.28. The first kappa shape index (κ1) is 22.2. The first-order valence-electron chi connectivity index (χ1n) is 10.1. The van der Waals surface area contributed by atoms with Crippen LogP contribution < -0.4 is 4.74 Å². The van der Waals surface area contributed by atoms with Crippen molar-refractivity contribution in [2.45, 2.75) is 39.7 Å². The Morgan fingerprint density at radius 3 is 2.43 bits per heavy atom. The number of benzene rings is 1. The van der Waals surface area contributed by atoms with Crippen molar-refractivity contribution in [2.75, 3.05) is 33.3 Å². The highest BCUT2D eigenvalue weighted by molar-refractivity contribution is 5.74. The van der Waals surface area contributed by atoms with E-state index >= 15 is 0 Å². The van der Waals surface area contributed by atoms with Gasteiger partial charge in [-0.3, -0.25) is 9.59 Å². The molecule has 2 heterocycles. The van der Waals surface area contributed by atoms with Gasteiger partial charge in [0, 0.05) is 32.5 Å². The molecule has 0 radical (unpaired) electrons. The van der Waals surface area contributed by atoms with Gasteiger partial charge in [0.2, 0.25) is 5.91 Å². The second kappa shape index (κ2) is 10.5. The minimum atomic E-state index is -0.250. The molecule has 0 aromatic heterocycles. The summed E-state index contributed by atoms with van der Waals surface area (Å²) in [5.74, 6) is 3.00. The molecule has 6 nitrogen and oxygen atoms in total. The lowest BCUT2D eigenvalue weighted by atomic mass is 9.89. The third kappa shape index (κ3) is 5.47. The molecule has 0 saturated carbocycles. The van der Waals surface area contributed by atoms with Gasteiger partial charge in [0.05, 0.1) is 13.2 Å². The molecule has 6 heteroatoms. The molecular weight excluding hydrogens is 356 g/mol. The van der Waals surface area contributed by atoms with Gasteiger partial charge in [-0.15, -0.1) is 0 Å². The summed E-state index contributed by atoms with van der Waals surface area (Å²) in [7, 11) is 1.69. The molecule has 1 aromatic rings. The third-order valence-corrected chi connectivity index (χ3v) is 5.86. The van der Waals surface area contributed by atoms with E-state index in [1.165, 1.54) is 24.9 Å². The van der Waals surface area contributed by atoms with Crippen molar-refractivity contribution in [3.05, 3.63) is 29.8 Å². The maximum Gasteiger partial charge on any atom is 0.290 e.